The van der Waals surface area contributed by atoms with E-state index in [0.717, 1.165) is 6.08 Å². The number of methoxy groups -OCH3 is 2. The number of hydrogen-bond donors (Lipinski definition) is 2. The van der Waals surface area contributed by atoms with E-state index < -0.39 is 17.6 Å². The summed E-state index contributed by atoms with van der Waals surface area (Å²) in [5.74, 6) is -3.08. The van der Waals surface area contributed by atoms with Gasteiger partial charge in [-0.2, -0.15) is 4.39 Å². The second-order valence-electron chi connectivity index (χ2n) is 6.09. The molecule has 0 fully saturated rings. The van der Waals surface area contributed by atoms with Crippen LogP contribution in [0.1, 0.15) is 19.4 Å². The summed E-state index contributed by atoms with van der Waals surface area (Å²) in [5, 5.41) is 11.8. The maximum atomic E-state index is 14.7. The molecule has 0 aromatic heterocycles. The average Bonchev–Trinajstić information content (AvgIpc) is 2.61. The van der Waals surface area contributed by atoms with Crippen LogP contribution in [0.2, 0.25) is 0 Å². The summed E-state index contributed by atoms with van der Waals surface area (Å²) in [4.78, 5) is 10.7. The molecule has 27 heavy (non-hydrogen) atoms. The Labute approximate surface area is 156 Å². The summed E-state index contributed by atoms with van der Waals surface area (Å²) in [5.41, 5.74) is 1.47. The van der Waals surface area contributed by atoms with Crippen molar-refractivity contribution in [3.8, 4) is 22.6 Å². The fourth-order valence-electron chi connectivity index (χ4n) is 2.60. The van der Waals surface area contributed by atoms with Gasteiger partial charge in [-0.15, -0.1) is 0 Å². The van der Waals surface area contributed by atoms with E-state index in [9.17, 15) is 13.6 Å². The zero-order valence-corrected chi connectivity index (χ0v) is 15.5. The highest BCUT2D eigenvalue weighted by atomic mass is 19.1. The molecule has 0 heterocycles. The van der Waals surface area contributed by atoms with E-state index in [4.69, 9.17) is 14.6 Å². The first-order valence-corrected chi connectivity index (χ1v) is 8.19. The normalized spacial score (nSPS) is 11.4. The van der Waals surface area contributed by atoms with E-state index >= 15 is 0 Å². The van der Waals surface area contributed by atoms with E-state index in [1.807, 2.05) is 13.8 Å². The molecular weight excluding hydrogens is 356 g/mol. The molecule has 0 saturated carbocycles. The molecule has 0 unspecified atom stereocenters. The van der Waals surface area contributed by atoms with Crippen molar-refractivity contribution in [2.45, 2.75) is 19.9 Å². The van der Waals surface area contributed by atoms with Gasteiger partial charge in [0.2, 0.25) is 5.83 Å². The molecule has 144 valence electrons. The molecule has 0 saturated heterocycles. The minimum atomic E-state index is -1.70. The third-order valence-electron chi connectivity index (χ3n) is 3.75. The fourth-order valence-corrected chi connectivity index (χ4v) is 2.60. The van der Waals surface area contributed by atoms with Gasteiger partial charge in [-0.05, 0) is 50.3 Å². The zero-order chi connectivity index (χ0) is 20.1. The molecule has 2 N–H and O–H groups in total. The van der Waals surface area contributed by atoms with E-state index in [0.29, 0.717) is 11.3 Å². The van der Waals surface area contributed by atoms with E-state index in [2.05, 4.69) is 5.32 Å². The van der Waals surface area contributed by atoms with Gasteiger partial charge in [0.15, 0.2) is 0 Å². The topological polar surface area (TPSA) is 67.8 Å². The van der Waals surface area contributed by atoms with Crippen LogP contribution in [-0.2, 0) is 4.79 Å². The lowest BCUT2D eigenvalue weighted by atomic mass is 10.00. The van der Waals surface area contributed by atoms with Gasteiger partial charge in [-0.25, -0.2) is 9.18 Å². The first-order chi connectivity index (χ1) is 12.8. The van der Waals surface area contributed by atoms with Crippen LogP contribution >= 0.6 is 0 Å². The Morgan fingerprint density at radius 1 is 1.11 bits per heavy atom. The molecule has 0 spiro atoms. The van der Waals surface area contributed by atoms with E-state index in [1.54, 1.807) is 12.1 Å². The minimum absolute atomic E-state index is 0.153. The SMILES string of the molecule is COc1cc(-c2ccc(NC(C)C)cc2F)c(OC)cc1/C=C(/F)C(=O)O. The molecule has 0 aliphatic rings. The molecule has 0 bridgehead atoms. The van der Waals surface area contributed by atoms with Crippen LogP contribution in [0.5, 0.6) is 11.5 Å². The predicted octanol–water partition coefficient (Wildman–Crippen LogP) is 4.73. The summed E-state index contributed by atoms with van der Waals surface area (Å²) >= 11 is 0. The summed E-state index contributed by atoms with van der Waals surface area (Å²) in [6.45, 7) is 3.89. The first-order valence-electron chi connectivity index (χ1n) is 8.19. The van der Waals surface area contributed by atoms with Crippen molar-refractivity contribution in [3.05, 3.63) is 47.5 Å². The summed E-state index contributed by atoms with van der Waals surface area (Å²) in [7, 11) is 2.74. The van der Waals surface area contributed by atoms with Crippen LogP contribution in [0.25, 0.3) is 17.2 Å². The van der Waals surface area contributed by atoms with Crippen LogP contribution in [0.4, 0.5) is 14.5 Å². The van der Waals surface area contributed by atoms with Crippen LogP contribution < -0.4 is 14.8 Å². The molecule has 0 aliphatic carbocycles. The Morgan fingerprint density at radius 3 is 2.30 bits per heavy atom. The van der Waals surface area contributed by atoms with Gasteiger partial charge in [-0.3, -0.25) is 0 Å². The number of aliphatic carboxylic acids is 1. The molecule has 2 rings (SSSR count). The van der Waals surface area contributed by atoms with Crippen molar-refractivity contribution in [2.24, 2.45) is 0 Å². The molecule has 7 heteroatoms. The first kappa shape index (κ1) is 20.2. The quantitative estimate of drug-likeness (QED) is 0.683. The minimum Gasteiger partial charge on any atom is -0.496 e. The van der Waals surface area contributed by atoms with Gasteiger partial charge in [0.25, 0.3) is 0 Å². The monoisotopic (exact) mass is 377 g/mol. The standard InChI is InChI=1S/C20H21F2NO4/c1-11(2)23-13-5-6-14(16(21)9-13)15-10-18(26-3)12(8-19(15)27-4)7-17(22)20(24)25/h5-11,23H,1-4H3,(H,24,25)/b17-7+. The lowest BCUT2D eigenvalue weighted by molar-refractivity contribution is -0.134. The van der Waals surface area contributed by atoms with Gasteiger partial charge in [0, 0.05) is 28.4 Å². The van der Waals surface area contributed by atoms with Crippen molar-refractivity contribution in [1.82, 2.24) is 0 Å². The summed E-state index contributed by atoms with van der Waals surface area (Å²) in [6.07, 6.45) is 0.819. The van der Waals surface area contributed by atoms with Crippen LogP contribution in [0.15, 0.2) is 36.2 Å². The molecule has 5 nitrogen and oxygen atoms in total. The summed E-state index contributed by atoms with van der Waals surface area (Å²) < 4.78 is 38.7. The van der Waals surface area contributed by atoms with Crippen molar-refractivity contribution in [2.75, 3.05) is 19.5 Å². The molecule has 2 aromatic rings. The van der Waals surface area contributed by atoms with Gasteiger partial charge in [0.1, 0.15) is 17.3 Å². The number of hydrogen-bond acceptors (Lipinski definition) is 4. The van der Waals surface area contributed by atoms with Gasteiger partial charge >= 0.3 is 5.97 Å². The lowest BCUT2D eigenvalue weighted by Crippen LogP contribution is -2.09. The number of carboxylic acid groups (broad SMARTS) is 1. The van der Waals surface area contributed by atoms with E-state index in [1.165, 1.54) is 32.4 Å². The molecule has 0 aliphatic heterocycles. The highest BCUT2D eigenvalue weighted by molar-refractivity contribution is 5.90. The molecule has 0 radical (unpaired) electrons. The number of anilines is 1. The highest BCUT2D eigenvalue weighted by Crippen LogP contribution is 2.38. The smallest absolute Gasteiger partial charge is 0.364 e. The number of nitrogens with one attached hydrogen (secondary N) is 1. The zero-order valence-electron chi connectivity index (χ0n) is 15.5. The van der Waals surface area contributed by atoms with Gasteiger partial charge < -0.3 is 19.9 Å². The number of ether oxygens (including phenoxy) is 2. The molecular formula is C20H21F2NO4. The Balaban J connectivity index is 2.57. The maximum absolute atomic E-state index is 14.7. The molecule has 2 aromatic carbocycles. The average molecular weight is 377 g/mol. The predicted molar refractivity (Wildman–Crippen MR) is 100 cm³/mol. The van der Waals surface area contributed by atoms with Crippen molar-refractivity contribution < 1.29 is 28.2 Å². The van der Waals surface area contributed by atoms with Crippen molar-refractivity contribution in [1.29, 1.82) is 0 Å². The maximum Gasteiger partial charge on any atom is 0.364 e. The number of carboxylic acids is 1. The fraction of sp³-hybridized carbons (Fsp3) is 0.250. The number of benzene rings is 2. The van der Waals surface area contributed by atoms with Crippen molar-refractivity contribution >= 4 is 17.7 Å². The number of rotatable bonds is 7. The van der Waals surface area contributed by atoms with Crippen LogP contribution in [-0.4, -0.2) is 31.3 Å². The molecule has 0 amide bonds. The van der Waals surface area contributed by atoms with Gasteiger partial charge in [-0.1, -0.05) is 0 Å². The van der Waals surface area contributed by atoms with Crippen LogP contribution in [0.3, 0.4) is 0 Å². The largest absolute Gasteiger partial charge is 0.496 e. The van der Waals surface area contributed by atoms with Gasteiger partial charge in [0.05, 0.1) is 14.2 Å². The van der Waals surface area contributed by atoms with Crippen molar-refractivity contribution in [3.63, 3.8) is 0 Å². The lowest BCUT2D eigenvalue weighted by Gasteiger charge is -2.15. The summed E-state index contributed by atoms with van der Waals surface area (Å²) in [6, 6.07) is 7.75. The van der Waals surface area contributed by atoms with Crippen LogP contribution in [0, 0.1) is 5.82 Å². The Hall–Kier alpha value is -3.09. The second-order valence-corrected chi connectivity index (χ2v) is 6.09. The molecule has 0 atom stereocenters. The second kappa shape index (κ2) is 8.53. The highest BCUT2D eigenvalue weighted by Gasteiger charge is 2.17. The Bertz CT molecular complexity index is 879. The Morgan fingerprint density at radius 2 is 1.78 bits per heavy atom. The third-order valence-corrected chi connectivity index (χ3v) is 3.75. The third kappa shape index (κ3) is 4.75. The Kier molecular flexibility index (Phi) is 6.39. The number of carbonyl (C=O) groups is 1. The number of halogens is 2. The van der Waals surface area contributed by atoms with E-state index in [-0.39, 0.29) is 28.7 Å².